The Labute approximate surface area is 181 Å². The minimum absolute atomic E-state index is 0.137. The number of anilines is 1. The molecule has 2 heterocycles. The van der Waals surface area contributed by atoms with E-state index in [0.29, 0.717) is 62.7 Å². The number of piperidine rings is 1. The lowest BCUT2D eigenvalue weighted by molar-refractivity contribution is -0.121. The lowest BCUT2D eigenvalue weighted by atomic mass is 9.95. The second-order valence-electron chi connectivity index (χ2n) is 7.38. The Balaban J connectivity index is 1.52. The molecule has 0 spiro atoms. The second kappa shape index (κ2) is 11.3. The molecule has 1 saturated heterocycles. The van der Waals surface area contributed by atoms with Crippen LogP contribution < -0.4 is 10.6 Å². The summed E-state index contributed by atoms with van der Waals surface area (Å²) in [7, 11) is 0. The molecule has 0 saturated carbocycles. The lowest BCUT2D eigenvalue weighted by Gasteiger charge is -2.30. The number of benzene rings is 1. The number of rotatable bonds is 9. The number of nitrogens with zero attached hydrogens (tertiary/aromatic N) is 1. The molecule has 0 bridgehead atoms. The number of likely N-dealkylation sites (tertiary alicyclic amines) is 1. The normalized spacial score (nSPS) is 14.3. The van der Waals surface area contributed by atoms with E-state index in [9.17, 15) is 14.4 Å². The Kier molecular flexibility index (Phi) is 8.23. The molecule has 1 aliphatic heterocycles. The van der Waals surface area contributed by atoms with Crippen LogP contribution >= 0.6 is 0 Å². The molecule has 1 fully saturated rings. The Morgan fingerprint density at radius 3 is 2.61 bits per heavy atom. The average Bonchev–Trinajstić information content (AvgIpc) is 3.34. The van der Waals surface area contributed by atoms with Gasteiger partial charge in [0.15, 0.2) is 5.76 Å². The van der Waals surface area contributed by atoms with Gasteiger partial charge < -0.3 is 24.7 Å². The zero-order valence-corrected chi connectivity index (χ0v) is 17.8. The van der Waals surface area contributed by atoms with Gasteiger partial charge >= 0.3 is 0 Å². The number of hydrogen-bond donors (Lipinski definition) is 2. The first-order valence-electron chi connectivity index (χ1n) is 10.7. The smallest absolute Gasteiger partial charge is 0.289 e. The molecule has 1 aliphatic rings. The van der Waals surface area contributed by atoms with Crippen molar-refractivity contribution >= 4 is 23.4 Å². The van der Waals surface area contributed by atoms with Gasteiger partial charge in [0.2, 0.25) is 5.91 Å². The van der Waals surface area contributed by atoms with E-state index in [2.05, 4.69) is 10.6 Å². The van der Waals surface area contributed by atoms with Crippen molar-refractivity contribution in [2.45, 2.75) is 26.2 Å². The molecule has 31 heavy (non-hydrogen) atoms. The van der Waals surface area contributed by atoms with Crippen LogP contribution in [-0.2, 0) is 9.53 Å². The zero-order chi connectivity index (χ0) is 22.1. The summed E-state index contributed by atoms with van der Waals surface area (Å²) < 4.78 is 10.4. The van der Waals surface area contributed by atoms with Crippen molar-refractivity contribution in [3.8, 4) is 0 Å². The fourth-order valence-electron chi connectivity index (χ4n) is 3.54. The molecule has 2 aromatic rings. The first-order chi connectivity index (χ1) is 15.1. The summed E-state index contributed by atoms with van der Waals surface area (Å²) in [6, 6.07) is 10.3. The topological polar surface area (TPSA) is 101 Å². The van der Waals surface area contributed by atoms with Crippen molar-refractivity contribution in [2.24, 2.45) is 5.92 Å². The summed E-state index contributed by atoms with van der Waals surface area (Å²) in [4.78, 5) is 39.4. The first kappa shape index (κ1) is 22.6. The van der Waals surface area contributed by atoms with E-state index in [-0.39, 0.29) is 23.6 Å². The number of hydrogen-bond acceptors (Lipinski definition) is 5. The van der Waals surface area contributed by atoms with E-state index in [1.807, 2.05) is 6.92 Å². The van der Waals surface area contributed by atoms with Gasteiger partial charge in [-0.05, 0) is 50.5 Å². The van der Waals surface area contributed by atoms with Gasteiger partial charge in [0.1, 0.15) is 0 Å². The van der Waals surface area contributed by atoms with Gasteiger partial charge in [0.25, 0.3) is 11.8 Å². The van der Waals surface area contributed by atoms with E-state index in [4.69, 9.17) is 9.15 Å². The molecule has 0 unspecified atom stereocenters. The highest BCUT2D eigenvalue weighted by atomic mass is 16.5. The molecular weight excluding hydrogens is 398 g/mol. The number of carbonyl (C=O) groups excluding carboxylic acids is 3. The van der Waals surface area contributed by atoms with E-state index < -0.39 is 0 Å². The predicted octanol–water partition coefficient (Wildman–Crippen LogP) is 2.93. The Bertz CT molecular complexity index is 873. The summed E-state index contributed by atoms with van der Waals surface area (Å²) in [5, 5.41) is 5.76. The van der Waals surface area contributed by atoms with Crippen LogP contribution in [-0.4, -0.2) is 55.5 Å². The summed E-state index contributed by atoms with van der Waals surface area (Å²) in [5.74, 6) is -0.435. The van der Waals surface area contributed by atoms with Crippen LogP contribution in [0.3, 0.4) is 0 Å². The van der Waals surface area contributed by atoms with Crippen molar-refractivity contribution in [3.05, 3.63) is 54.0 Å². The summed E-state index contributed by atoms with van der Waals surface area (Å²) in [5.41, 5.74) is 0.918. The second-order valence-corrected chi connectivity index (χ2v) is 7.38. The van der Waals surface area contributed by atoms with Gasteiger partial charge in [-0.2, -0.15) is 0 Å². The average molecular weight is 428 g/mol. The van der Waals surface area contributed by atoms with Crippen LogP contribution in [0, 0.1) is 5.92 Å². The molecule has 0 atom stereocenters. The maximum absolute atomic E-state index is 12.8. The quantitative estimate of drug-likeness (QED) is 0.599. The van der Waals surface area contributed by atoms with E-state index in [1.54, 1.807) is 41.3 Å². The van der Waals surface area contributed by atoms with Crippen molar-refractivity contribution in [1.29, 1.82) is 0 Å². The van der Waals surface area contributed by atoms with E-state index in [0.717, 1.165) is 6.42 Å². The van der Waals surface area contributed by atoms with Crippen molar-refractivity contribution < 1.29 is 23.5 Å². The van der Waals surface area contributed by atoms with Crippen LogP contribution in [0.15, 0.2) is 47.1 Å². The number of amides is 3. The van der Waals surface area contributed by atoms with Crippen LogP contribution in [0.4, 0.5) is 5.69 Å². The largest absolute Gasteiger partial charge is 0.459 e. The standard InChI is InChI=1S/C23H29N3O5/c1-2-30-15-6-12-24-22(28)18-7-3-4-8-19(18)25-21(27)17-10-13-26(14-11-17)23(29)20-9-5-16-31-20/h3-5,7-9,16-17H,2,6,10-15H2,1H3,(H,24,28)(H,25,27). The molecule has 2 N–H and O–H groups in total. The fourth-order valence-corrected chi connectivity index (χ4v) is 3.54. The maximum atomic E-state index is 12.8. The molecular formula is C23H29N3O5. The number of ether oxygens (including phenoxy) is 1. The highest BCUT2D eigenvalue weighted by Gasteiger charge is 2.29. The molecule has 8 heteroatoms. The molecule has 1 aromatic heterocycles. The zero-order valence-electron chi connectivity index (χ0n) is 17.8. The van der Waals surface area contributed by atoms with E-state index in [1.165, 1.54) is 6.26 Å². The van der Waals surface area contributed by atoms with Crippen LogP contribution in [0.5, 0.6) is 0 Å². The minimum atomic E-state index is -0.230. The maximum Gasteiger partial charge on any atom is 0.289 e. The molecule has 8 nitrogen and oxygen atoms in total. The Hall–Kier alpha value is -3.13. The molecule has 3 rings (SSSR count). The summed E-state index contributed by atoms with van der Waals surface area (Å²) in [6.07, 6.45) is 3.32. The van der Waals surface area contributed by atoms with Crippen LogP contribution in [0.25, 0.3) is 0 Å². The van der Waals surface area contributed by atoms with E-state index >= 15 is 0 Å². The number of para-hydroxylation sites is 1. The third-order valence-electron chi connectivity index (χ3n) is 5.27. The third-order valence-corrected chi connectivity index (χ3v) is 5.27. The summed E-state index contributed by atoms with van der Waals surface area (Å²) >= 11 is 0. The third kappa shape index (κ3) is 6.18. The van der Waals surface area contributed by atoms with Gasteiger partial charge in [-0.1, -0.05) is 12.1 Å². The van der Waals surface area contributed by atoms with Crippen LogP contribution in [0.1, 0.15) is 47.1 Å². The molecule has 1 aromatic carbocycles. The number of nitrogens with one attached hydrogen (secondary N) is 2. The van der Waals surface area contributed by atoms with Crippen LogP contribution in [0.2, 0.25) is 0 Å². The fraction of sp³-hybridized carbons (Fsp3) is 0.435. The monoisotopic (exact) mass is 427 g/mol. The van der Waals surface area contributed by atoms with Gasteiger partial charge in [-0.25, -0.2) is 0 Å². The van der Waals surface area contributed by atoms with Gasteiger partial charge in [-0.15, -0.1) is 0 Å². The highest BCUT2D eigenvalue weighted by Crippen LogP contribution is 2.22. The Morgan fingerprint density at radius 2 is 1.90 bits per heavy atom. The van der Waals surface area contributed by atoms with Gasteiger partial charge in [0.05, 0.1) is 17.5 Å². The SMILES string of the molecule is CCOCCCNC(=O)c1ccccc1NC(=O)C1CCN(C(=O)c2ccco2)CC1. The number of carbonyl (C=O) groups is 3. The predicted molar refractivity (Wildman–Crippen MR) is 116 cm³/mol. The van der Waals surface area contributed by atoms with Gasteiger partial charge in [-0.3, -0.25) is 14.4 Å². The minimum Gasteiger partial charge on any atom is -0.459 e. The number of furan rings is 1. The van der Waals surface area contributed by atoms with Gasteiger partial charge in [0, 0.05) is 38.8 Å². The molecule has 0 radical (unpaired) electrons. The van der Waals surface area contributed by atoms with Crippen molar-refractivity contribution in [2.75, 3.05) is 38.2 Å². The first-order valence-corrected chi connectivity index (χ1v) is 10.7. The van der Waals surface area contributed by atoms with Crippen molar-refractivity contribution in [3.63, 3.8) is 0 Å². The molecule has 0 aliphatic carbocycles. The molecule has 166 valence electrons. The Morgan fingerprint density at radius 1 is 1.13 bits per heavy atom. The summed E-state index contributed by atoms with van der Waals surface area (Å²) in [6.45, 7) is 4.65. The lowest BCUT2D eigenvalue weighted by Crippen LogP contribution is -2.41. The van der Waals surface area contributed by atoms with Crippen molar-refractivity contribution in [1.82, 2.24) is 10.2 Å². The molecule has 3 amide bonds. The highest BCUT2D eigenvalue weighted by molar-refractivity contribution is 6.04.